The summed E-state index contributed by atoms with van der Waals surface area (Å²) in [5.41, 5.74) is 1.12. The fraction of sp³-hybridized carbons (Fsp3) is 0.333. The van der Waals surface area contributed by atoms with Crippen molar-refractivity contribution in [2.24, 2.45) is 7.05 Å². The predicted molar refractivity (Wildman–Crippen MR) is 124 cm³/mol. The van der Waals surface area contributed by atoms with Gasteiger partial charge in [-0.25, -0.2) is 8.78 Å². The molecule has 2 aromatic carbocycles. The number of nitrogens with one attached hydrogen (secondary N) is 1. The first kappa shape index (κ1) is 25.5. The SMILES string of the molecule is Cc1cc2c(cc(C(=O)NC(CO)c3ccc([S@](=O)CC(=O)OC(C)C)cc3)n2C)c(F)c1F. The van der Waals surface area contributed by atoms with Crippen molar-refractivity contribution in [1.29, 1.82) is 0 Å². The molecule has 0 aliphatic carbocycles. The van der Waals surface area contributed by atoms with E-state index in [1.807, 2.05) is 0 Å². The van der Waals surface area contributed by atoms with Gasteiger partial charge in [0.05, 0.1) is 35.1 Å². The van der Waals surface area contributed by atoms with Crippen LogP contribution >= 0.6 is 0 Å². The van der Waals surface area contributed by atoms with Crippen LogP contribution in [0.3, 0.4) is 0 Å². The number of aryl methyl sites for hydroxylation is 2. The summed E-state index contributed by atoms with van der Waals surface area (Å²) >= 11 is 0. The molecule has 0 bridgehead atoms. The molecule has 0 saturated heterocycles. The van der Waals surface area contributed by atoms with Gasteiger partial charge in [-0.3, -0.25) is 13.8 Å². The lowest BCUT2D eigenvalue weighted by Gasteiger charge is -2.17. The Morgan fingerprint density at radius 1 is 1.15 bits per heavy atom. The molecule has 7 nitrogen and oxygen atoms in total. The van der Waals surface area contributed by atoms with Gasteiger partial charge in [0.25, 0.3) is 5.91 Å². The van der Waals surface area contributed by atoms with Crippen LogP contribution < -0.4 is 5.32 Å². The lowest BCUT2D eigenvalue weighted by molar-refractivity contribution is -0.144. The van der Waals surface area contributed by atoms with Crippen molar-refractivity contribution in [3.05, 3.63) is 64.9 Å². The number of aliphatic hydroxyl groups excluding tert-OH is 1. The third-order valence-corrected chi connectivity index (χ3v) is 6.59. The zero-order valence-electron chi connectivity index (χ0n) is 19.2. The number of carbonyl (C=O) groups is 2. The number of carbonyl (C=O) groups excluding carboxylic acids is 2. The van der Waals surface area contributed by atoms with Crippen molar-refractivity contribution in [3.8, 4) is 0 Å². The zero-order chi connectivity index (χ0) is 25.2. The first-order valence-corrected chi connectivity index (χ1v) is 11.9. The van der Waals surface area contributed by atoms with Gasteiger partial charge in [-0.1, -0.05) is 12.1 Å². The number of esters is 1. The minimum absolute atomic E-state index is 0.0147. The van der Waals surface area contributed by atoms with E-state index in [4.69, 9.17) is 4.74 Å². The summed E-state index contributed by atoms with van der Waals surface area (Å²) < 4.78 is 47.1. The summed E-state index contributed by atoms with van der Waals surface area (Å²) in [5, 5.41) is 12.5. The summed E-state index contributed by atoms with van der Waals surface area (Å²) in [5.74, 6) is -3.42. The maximum Gasteiger partial charge on any atom is 0.319 e. The van der Waals surface area contributed by atoms with E-state index in [0.29, 0.717) is 16.0 Å². The molecule has 3 rings (SSSR count). The molecule has 34 heavy (non-hydrogen) atoms. The second-order valence-electron chi connectivity index (χ2n) is 8.15. The number of nitrogens with zero attached hydrogens (tertiary/aromatic N) is 1. The van der Waals surface area contributed by atoms with Gasteiger partial charge in [0.1, 0.15) is 11.4 Å². The summed E-state index contributed by atoms with van der Waals surface area (Å²) in [7, 11) is -0.0402. The van der Waals surface area contributed by atoms with Crippen LogP contribution in [0.1, 0.15) is 41.5 Å². The summed E-state index contributed by atoms with van der Waals surface area (Å²) in [6.45, 7) is 4.41. The number of amides is 1. The number of aliphatic hydroxyl groups is 1. The van der Waals surface area contributed by atoms with Crippen molar-refractivity contribution in [3.63, 3.8) is 0 Å². The van der Waals surface area contributed by atoms with E-state index in [9.17, 15) is 27.7 Å². The minimum atomic E-state index is -1.61. The van der Waals surface area contributed by atoms with E-state index in [1.54, 1.807) is 45.2 Å². The summed E-state index contributed by atoms with van der Waals surface area (Å²) in [4.78, 5) is 25.0. The van der Waals surface area contributed by atoms with Gasteiger partial charge in [-0.2, -0.15) is 0 Å². The van der Waals surface area contributed by atoms with Crippen LogP contribution in [0, 0.1) is 18.6 Å². The van der Waals surface area contributed by atoms with Crippen LogP contribution in [0.15, 0.2) is 41.3 Å². The Kier molecular flexibility index (Phi) is 7.83. The third-order valence-electron chi connectivity index (χ3n) is 5.29. The smallest absolute Gasteiger partial charge is 0.319 e. The fourth-order valence-corrected chi connectivity index (χ4v) is 4.44. The molecule has 0 radical (unpaired) electrons. The number of fused-ring (bicyclic) bond motifs is 1. The van der Waals surface area contributed by atoms with Gasteiger partial charge < -0.3 is 19.7 Å². The van der Waals surface area contributed by atoms with Crippen LogP contribution in [-0.2, 0) is 27.4 Å². The lowest BCUT2D eigenvalue weighted by Crippen LogP contribution is -2.32. The molecule has 1 unspecified atom stereocenters. The second kappa shape index (κ2) is 10.4. The van der Waals surface area contributed by atoms with E-state index in [2.05, 4.69) is 5.32 Å². The highest BCUT2D eigenvalue weighted by Gasteiger charge is 2.22. The molecule has 0 saturated carbocycles. The first-order valence-electron chi connectivity index (χ1n) is 10.6. The molecular weight excluding hydrogens is 466 g/mol. The Balaban J connectivity index is 1.77. The average Bonchev–Trinajstić information content (AvgIpc) is 3.11. The van der Waals surface area contributed by atoms with Crippen molar-refractivity contribution in [2.45, 2.75) is 37.8 Å². The normalized spacial score (nSPS) is 13.2. The van der Waals surface area contributed by atoms with Crippen molar-refractivity contribution in [2.75, 3.05) is 12.4 Å². The average molecular weight is 493 g/mol. The predicted octanol–water partition coefficient (Wildman–Crippen LogP) is 3.29. The molecule has 1 amide bonds. The first-order chi connectivity index (χ1) is 16.0. The molecular formula is C24H26F2N2O5S. The fourth-order valence-electron chi connectivity index (χ4n) is 3.55. The van der Waals surface area contributed by atoms with Crippen LogP contribution in [0.2, 0.25) is 0 Å². The number of hydrogen-bond acceptors (Lipinski definition) is 5. The van der Waals surface area contributed by atoms with E-state index in [1.165, 1.54) is 23.6 Å². The molecule has 0 aliphatic rings. The zero-order valence-corrected chi connectivity index (χ0v) is 20.0. The van der Waals surface area contributed by atoms with Crippen LogP contribution in [0.25, 0.3) is 10.9 Å². The van der Waals surface area contributed by atoms with Crippen LogP contribution in [0.5, 0.6) is 0 Å². The Hall–Kier alpha value is -3.11. The van der Waals surface area contributed by atoms with Gasteiger partial charge in [-0.15, -0.1) is 0 Å². The molecule has 2 atom stereocenters. The molecule has 1 aromatic heterocycles. The summed E-state index contributed by atoms with van der Waals surface area (Å²) in [6, 6.07) is 8.18. The van der Waals surface area contributed by atoms with Crippen LogP contribution in [-0.4, -0.2) is 44.2 Å². The number of ether oxygens (including phenoxy) is 1. The number of benzene rings is 2. The highest BCUT2D eigenvalue weighted by molar-refractivity contribution is 7.85. The maximum atomic E-state index is 14.3. The van der Waals surface area contributed by atoms with Gasteiger partial charge in [-0.05, 0) is 56.2 Å². The number of rotatable bonds is 8. The number of halogens is 2. The Labute approximate surface area is 198 Å². The Morgan fingerprint density at radius 2 is 1.79 bits per heavy atom. The van der Waals surface area contributed by atoms with Gasteiger partial charge >= 0.3 is 5.97 Å². The summed E-state index contributed by atoms with van der Waals surface area (Å²) in [6.07, 6.45) is -0.304. The molecule has 0 aliphatic heterocycles. The molecule has 0 fully saturated rings. The molecule has 10 heteroatoms. The van der Waals surface area contributed by atoms with Gasteiger partial charge in [0.15, 0.2) is 11.6 Å². The Morgan fingerprint density at radius 3 is 2.38 bits per heavy atom. The highest BCUT2D eigenvalue weighted by atomic mass is 32.2. The van der Waals surface area contributed by atoms with E-state index >= 15 is 0 Å². The Bertz CT molecular complexity index is 1250. The van der Waals surface area contributed by atoms with Crippen molar-refractivity contribution >= 4 is 33.6 Å². The largest absolute Gasteiger partial charge is 0.462 e. The molecule has 0 spiro atoms. The third kappa shape index (κ3) is 5.34. The quantitative estimate of drug-likeness (QED) is 0.471. The monoisotopic (exact) mass is 492 g/mol. The van der Waals surface area contributed by atoms with Crippen molar-refractivity contribution in [1.82, 2.24) is 9.88 Å². The molecule has 3 aromatic rings. The van der Waals surface area contributed by atoms with E-state index in [-0.39, 0.29) is 28.5 Å². The number of aromatic nitrogens is 1. The van der Waals surface area contributed by atoms with Gasteiger partial charge in [0.2, 0.25) is 0 Å². The molecule has 2 N–H and O–H groups in total. The van der Waals surface area contributed by atoms with E-state index < -0.39 is 47.0 Å². The standard InChI is InChI=1S/C24H26F2N2O5S/c1-13(2)33-21(30)12-34(32)16-7-5-15(6-8-16)18(11-29)27-24(31)20-10-17-19(28(20)4)9-14(3)22(25)23(17)26/h5-10,13,18,29H,11-12H2,1-4H3,(H,27,31)/t18?,34-/m1/s1. The van der Waals surface area contributed by atoms with Gasteiger partial charge in [0, 0.05) is 17.3 Å². The molecule has 182 valence electrons. The highest BCUT2D eigenvalue weighted by Crippen LogP contribution is 2.27. The van der Waals surface area contributed by atoms with Crippen LogP contribution in [0.4, 0.5) is 8.78 Å². The topological polar surface area (TPSA) is 97.6 Å². The number of hydrogen-bond donors (Lipinski definition) is 2. The maximum absolute atomic E-state index is 14.3. The lowest BCUT2D eigenvalue weighted by atomic mass is 10.1. The van der Waals surface area contributed by atoms with E-state index in [0.717, 1.165) is 0 Å². The molecule has 1 heterocycles. The van der Waals surface area contributed by atoms with Crippen molar-refractivity contribution < 1.29 is 32.4 Å². The second-order valence-corrected chi connectivity index (χ2v) is 9.60. The minimum Gasteiger partial charge on any atom is -0.462 e.